The van der Waals surface area contributed by atoms with Crippen LogP contribution in [0.5, 0.6) is 0 Å². The molecule has 1 heterocycles. The molecule has 2 fully saturated rings. The molecule has 1 saturated carbocycles. The van der Waals surface area contributed by atoms with Gasteiger partial charge in [0.1, 0.15) is 6.10 Å². The Balaban J connectivity index is 0.000000168. The first-order valence-electron chi connectivity index (χ1n) is 8.88. The topological polar surface area (TPSA) is 53.0 Å². The van der Waals surface area contributed by atoms with Crippen molar-refractivity contribution in [1.29, 1.82) is 0 Å². The Labute approximate surface area is 140 Å². The quantitative estimate of drug-likeness (QED) is 0.578. The van der Waals surface area contributed by atoms with E-state index in [0.717, 1.165) is 38.5 Å². The van der Waals surface area contributed by atoms with Gasteiger partial charge in [-0.05, 0) is 38.5 Å². The predicted octanol–water partition coefficient (Wildman–Crippen LogP) is 3.77. The first-order valence-corrected chi connectivity index (χ1v) is 8.88. The third-order valence-electron chi connectivity index (χ3n) is 6.15. The highest BCUT2D eigenvalue weighted by molar-refractivity contribution is 5.12. The van der Waals surface area contributed by atoms with Gasteiger partial charge in [0.05, 0.1) is 18.3 Å². The van der Waals surface area contributed by atoms with Crippen LogP contribution in [0.4, 0.5) is 0 Å². The van der Waals surface area contributed by atoms with Gasteiger partial charge in [0.15, 0.2) is 0 Å². The van der Waals surface area contributed by atoms with Crippen molar-refractivity contribution >= 4 is 0 Å². The van der Waals surface area contributed by atoms with Crippen molar-refractivity contribution < 1.29 is 14.9 Å². The van der Waals surface area contributed by atoms with E-state index in [-0.39, 0.29) is 29.1 Å². The fraction of sp³-hybridized carbons (Fsp3) is 0.700. The van der Waals surface area contributed by atoms with E-state index in [2.05, 4.69) is 33.1 Å². The molecule has 6 atom stereocenters. The van der Waals surface area contributed by atoms with Crippen molar-refractivity contribution in [1.82, 2.24) is 0 Å². The fourth-order valence-electron chi connectivity index (χ4n) is 4.20. The number of aliphatic hydroxyl groups is 2. The minimum absolute atomic E-state index is 0.0712. The Morgan fingerprint density at radius 2 is 1.74 bits per heavy atom. The van der Waals surface area contributed by atoms with E-state index in [1.807, 2.05) is 18.2 Å². The molecule has 0 bridgehead atoms. The molecule has 3 heteroatoms. The number of hydrogen-bond acceptors (Lipinski definition) is 3. The van der Waals surface area contributed by atoms with Crippen molar-refractivity contribution in [2.45, 2.75) is 76.8 Å². The van der Waals surface area contributed by atoms with Crippen LogP contribution in [-0.4, -0.2) is 34.6 Å². The molecule has 3 aliphatic rings. The van der Waals surface area contributed by atoms with Gasteiger partial charge in [0.2, 0.25) is 0 Å². The summed E-state index contributed by atoms with van der Waals surface area (Å²) in [7, 11) is 0. The molecule has 3 rings (SSSR count). The van der Waals surface area contributed by atoms with Crippen LogP contribution in [0.25, 0.3) is 0 Å². The second-order valence-corrected chi connectivity index (χ2v) is 7.28. The number of allylic oxidation sites excluding steroid dienone is 3. The van der Waals surface area contributed by atoms with Crippen LogP contribution in [0.2, 0.25) is 0 Å². The highest BCUT2D eigenvalue weighted by Crippen LogP contribution is 2.53. The van der Waals surface area contributed by atoms with Gasteiger partial charge < -0.3 is 14.9 Å². The highest BCUT2D eigenvalue weighted by atomic mass is 16.6. The number of fused-ring (bicyclic) bond motifs is 1. The number of aliphatic hydroxyl groups excluding tert-OH is 2. The van der Waals surface area contributed by atoms with Gasteiger partial charge in [-0.3, -0.25) is 0 Å². The minimum Gasteiger partial charge on any atom is -0.390 e. The maximum absolute atomic E-state index is 9.91. The summed E-state index contributed by atoms with van der Waals surface area (Å²) in [5, 5.41) is 19.5. The Morgan fingerprint density at radius 3 is 2.13 bits per heavy atom. The van der Waals surface area contributed by atoms with E-state index in [0.29, 0.717) is 6.10 Å². The van der Waals surface area contributed by atoms with Gasteiger partial charge in [-0.15, -0.1) is 13.2 Å². The molecule has 23 heavy (non-hydrogen) atoms. The van der Waals surface area contributed by atoms with Crippen LogP contribution in [0.1, 0.15) is 52.4 Å². The zero-order valence-electron chi connectivity index (χ0n) is 14.6. The maximum Gasteiger partial charge on any atom is 0.111 e. The number of epoxide rings is 1. The lowest BCUT2D eigenvalue weighted by atomic mass is 9.77. The van der Waals surface area contributed by atoms with E-state index in [9.17, 15) is 10.2 Å². The normalized spacial score (nSPS) is 43.5. The second kappa shape index (κ2) is 7.33. The van der Waals surface area contributed by atoms with Crippen LogP contribution in [0.15, 0.2) is 37.5 Å². The van der Waals surface area contributed by atoms with Gasteiger partial charge in [-0.2, -0.15) is 0 Å². The van der Waals surface area contributed by atoms with E-state index < -0.39 is 0 Å². The predicted molar refractivity (Wildman–Crippen MR) is 94.1 cm³/mol. The minimum atomic E-state index is -0.259. The average Bonchev–Trinajstić information content (AvgIpc) is 3.14. The molecule has 0 spiro atoms. The molecule has 0 aromatic heterocycles. The molecule has 2 N–H and O–H groups in total. The van der Waals surface area contributed by atoms with E-state index >= 15 is 0 Å². The summed E-state index contributed by atoms with van der Waals surface area (Å²) in [4.78, 5) is 0. The van der Waals surface area contributed by atoms with Gasteiger partial charge in [0.25, 0.3) is 0 Å². The molecule has 1 aliphatic heterocycles. The lowest BCUT2D eigenvalue weighted by Gasteiger charge is -2.32. The number of rotatable bonds is 6. The molecular weight excluding hydrogens is 288 g/mol. The Morgan fingerprint density at radius 1 is 1.13 bits per heavy atom. The maximum atomic E-state index is 9.91. The molecule has 2 aliphatic carbocycles. The fourth-order valence-corrected chi connectivity index (χ4v) is 4.20. The van der Waals surface area contributed by atoms with Crippen molar-refractivity contribution in [3.63, 3.8) is 0 Å². The average molecular weight is 320 g/mol. The molecule has 0 aromatic rings. The Hall–Kier alpha value is -0.900. The van der Waals surface area contributed by atoms with Crippen LogP contribution < -0.4 is 0 Å². The third-order valence-corrected chi connectivity index (χ3v) is 6.15. The number of hydrogen-bond donors (Lipinski definition) is 2. The van der Waals surface area contributed by atoms with Crippen LogP contribution >= 0.6 is 0 Å². The van der Waals surface area contributed by atoms with E-state index in [1.54, 1.807) is 0 Å². The summed E-state index contributed by atoms with van der Waals surface area (Å²) < 4.78 is 5.28. The molecule has 130 valence electrons. The lowest BCUT2D eigenvalue weighted by molar-refractivity contribution is -0.00322. The summed E-state index contributed by atoms with van der Waals surface area (Å²) in [5.74, 6) is 0. The van der Waals surface area contributed by atoms with Gasteiger partial charge in [-0.1, -0.05) is 38.2 Å². The van der Waals surface area contributed by atoms with Gasteiger partial charge in [0, 0.05) is 10.8 Å². The van der Waals surface area contributed by atoms with Gasteiger partial charge in [-0.25, -0.2) is 0 Å². The Bertz CT molecular complexity index is 458. The van der Waals surface area contributed by atoms with E-state index in [4.69, 9.17) is 4.74 Å². The second-order valence-electron chi connectivity index (χ2n) is 7.28. The summed E-state index contributed by atoms with van der Waals surface area (Å²) in [6.45, 7) is 11.7. The van der Waals surface area contributed by atoms with Crippen LogP contribution in [0.3, 0.4) is 0 Å². The first kappa shape index (κ1) is 18.4. The zero-order chi connectivity index (χ0) is 17.1. The monoisotopic (exact) mass is 320 g/mol. The van der Waals surface area contributed by atoms with Crippen LogP contribution in [0, 0.1) is 10.8 Å². The molecule has 0 amide bonds. The molecule has 3 nitrogen and oxygen atoms in total. The highest BCUT2D eigenvalue weighted by Gasteiger charge is 2.61. The third kappa shape index (κ3) is 3.47. The first-order chi connectivity index (χ1) is 11.0. The summed E-state index contributed by atoms with van der Waals surface area (Å²) in [6.07, 6.45) is 13.6. The Kier molecular flexibility index (Phi) is 5.88. The zero-order valence-corrected chi connectivity index (χ0v) is 14.6. The molecular formula is C20H32O3. The largest absolute Gasteiger partial charge is 0.390 e. The lowest BCUT2D eigenvalue weighted by Crippen LogP contribution is -2.33. The molecule has 1 saturated heterocycles. The SMILES string of the molecule is C=CC[C@@]1(CC)CC=C[C@@H]1O.C=CC[C@@]1(CC)C[C@@H]2O[C@@H]2[C@@H]1O. The summed E-state index contributed by atoms with van der Waals surface area (Å²) in [5.41, 5.74) is 0.150. The summed E-state index contributed by atoms with van der Waals surface area (Å²) >= 11 is 0. The van der Waals surface area contributed by atoms with Crippen molar-refractivity contribution in [2.24, 2.45) is 10.8 Å². The number of ether oxygens (including phenoxy) is 1. The van der Waals surface area contributed by atoms with E-state index in [1.165, 1.54) is 0 Å². The van der Waals surface area contributed by atoms with Crippen LogP contribution in [-0.2, 0) is 4.74 Å². The smallest absolute Gasteiger partial charge is 0.111 e. The standard InChI is InChI=1S/C10H16O2.C10H16O/c1-3-5-10(4-2)6-7-8(12-7)9(10)11;1-3-7-10(4-2)8-5-6-9(10)11/h3,7-9,11H,1,4-6H2,2H3;3,5-6,9,11H,1,4,7-8H2,2H3/t7-,8-,9-,10-;9-,10-/m00/s1. The molecule has 0 aromatic carbocycles. The summed E-state index contributed by atoms with van der Waals surface area (Å²) in [6, 6.07) is 0. The molecule has 0 unspecified atom stereocenters. The van der Waals surface area contributed by atoms with Crippen molar-refractivity contribution in [3.8, 4) is 0 Å². The van der Waals surface area contributed by atoms with Crippen molar-refractivity contribution in [3.05, 3.63) is 37.5 Å². The van der Waals surface area contributed by atoms with Crippen molar-refractivity contribution in [2.75, 3.05) is 0 Å². The molecule has 0 radical (unpaired) electrons. The van der Waals surface area contributed by atoms with Gasteiger partial charge >= 0.3 is 0 Å².